The summed E-state index contributed by atoms with van der Waals surface area (Å²) < 4.78 is 43.0. The maximum atomic E-state index is 12.6. The highest BCUT2D eigenvalue weighted by atomic mass is 35.5. The van der Waals surface area contributed by atoms with Gasteiger partial charge in [-0.3, -0.25) is 0 Å². The number of hydrogen-bond donors (Lipinski definition) is 0. The summed E-state index contributed by atoms with van der Waals surface area (Å²) in [5, 5.41) is -0.0276. The number of aryl methyl sites for hydroxylation is 1. The third-order valence-electron chi connectivity index (χ3n) is 3.23. The minimum atomic E-state index is -4.57. The van der Waals surface area contributed by atoms with Crippen LogP contribution in [0.2, 0.25) is 5.02 Å². The third-order valence-corrected chi connectivity index (χ3v) is 3.52. The van der Waals surface area contributed by atoms with Crippen molar-refractivity contribution in [3.63, 3.8) is 0 Å². The third kappa shape index (κ3) is 2.79. The van der Waals surface area contributed by atoms with E-state index in [1.807, 2.05) is 0 Å². The molecule has 4 nitrogen and oxygen atoms in total. The molecular formula is C15H8ClF3N2O2. The second kappa shape index (κ2) is 5.34. The molecule has 0 N–H and O–H groups in total. The first kappa shape index (κ1) is 15.5. The molecule has 0 unspecified atom stereocenters. The average Bonchev–Trinajstić information content (AvgIpc) is 2.47. The first-order chi connectivity index (χ1) is 10.8. The van der Waals surface area contributed by atoms with Gasteiger partial charge in [-0.2, -0.15) is 13.2 Å². The predicted molar refractivity (Wildman–Crippen MR) is 78.3 cm³/mol. The van der Waals surface area contributed by atoms with Gasteiger partial charge < -0.3 is 4.42 Å². The van der Waals surface area contributed by atoms with Crippen LogP contribution in [-0.4, -0.2) is 9.97 Å². The van der Waals surface area contributed by atoms with Crippen molar-refractivity contribution in [3.8, 4) is 11.6 Å². The Bertz CT molecular complexity index is 967. The molecule has 0 saturated heterocycles. The molecule has 2 aromatic heterocycles. The molecular weight excluding hydrogens is 333 g/mol. The number of benzene rings is 1. The summed E-state index contributed by atoms with van der Waals surface area (Å²) in [5.74, 6) is -0.226. The molecule has 0 spiro atoms. The van der Waals surface area contributed by atoms with E-state index in [2.05, 4.69) is 9.97 Å². The molecule has 0 radical (unpaired) electrons. The molecule has 0 bridgehead atoms. The van der Waals surface area contributed by atoms with E-state index in [0.717, 1.165) is 5.56 Å². The fourth-order valence-electron chi connectivity index (χ4n) is 2.09. The second-order valence-electron chi connectivity index (χ2n) is 4.83. The highest BCUT2D eigenvalue weighted by Crippen LogP contribution is 2.33. The van der Waals surface area contributed by atoms with Crippen LogP contribution in [0.25, 0.3) is 22.5 Å². The first-order valence-electron chi connectivity index (χ1n) is 6.41. The van der Waals surface area contributed by atoms with Gasteiger partial charge in [0, 0.05) is 6.20 Å². The number of para-hydroxylation sites is 1. The van der Waals surface area contributed by atoms with Gasteiger partial charge in [0.15, 0.2) is 0 Å². The highest BCUT2D eigenvalue weighted by Gasteiger charge is 2.32. The van der Waals surface area contributed by atoms with E-state index in [9.17, 15) is 18.0 Å². The monoisotopic (exact) mass is 340 g/mol. The summed E-state index contributed by atoms with van der Waals surface area (Å²) in [6.07, 6.45) is -3.95. The fourth-order valence-corrected chi connectivity index (χ4v) is 2.34. The van der Waals surface area contributed by atoms with Crippen LogP contribution in [0.3, 0.4) is 0 Å². The molecule has 0 aliphatic heterocycles. The molecule has 118 valence electrons. The highest BCUT2D eigenvalue weighted by molar-refractivity contribution is 6.32. The Balaban J connectivity index is 2.22. The minimum absolute atomic E-state index is 0.123. The van der Waals surface area contributed by atoms with E-state index in [-0.39, 0.29) is 22.0 Å². The fraction of sp³-hybridized carbons (Fsp3) is 0.133. The molecule has 0 aliphatic rings. The van der Waals surface area contributed by atoms with E-state index in [1.165, 1.54) is 0 Å². The van der Waals surface area contributed by atoms with Crippen molar-refractivity contribution in [2.75, 3.05) is 0 Å². The number of halogens is 4. The Labute approximate surface area is 132 Å². The van der Waals surface area contributed by atoms with Crippen LogP contribution in [0.1, 0.15) is 11.1 Å². The first-order valence-corrected chi connectivity index (χ1v) is 6.79. The van der Waals surface area contributed by atoms with E-state index in [1.54, 1.807) is 25.1 Å². The van der Waals surface area contributed by atoms with Crippen LogP contribution in [0, 0.1) is 6.92 Å². The lowest BCUT2D eigenvalue weighted by Crippen LogP contribution is -2.07. The number of nitrogens with zero attached hydrogens (tertiary/aromatic N) is 2. The number of alkyl halides is 3. The van der Waals surface area contributed by atoms with Crippen molar-refractivity contribution in [2.24, 2.45) is 0 Å². The Morgan fingerprint density at radius 3 is 2.65 bits per heavy atom. The Morgan fingerprint density at radius 1 is 1.26 bits per heavy atom. The van der Waals surface area contributed by atoms with E-state index < -0.39 is 17.4 Å². The summed E-state index contributed by atoms with van der Waals surface area (Å²) >= 11 is 5.85. The Morgan fingerprint density at radius 2 is 2.00 bits per heavy atom. The van der Waals surface area contributed by atoms with Crippen LogP contribution in [0.4, 0.5) is 13.2 Å². The summed E-state index contributed by atoms with van der Waals surface area (Å²) in [6, 6.07) is 5.69. The molecule has 2 heterocycles. The molecule has 0 atom stereocenters. The topological polar surface area (TPSA) is 56.0 Å². The lowest BCUT2D eigenvalue weighted by Gasteiger charge is -2.08. The van der Waals surface area contributed by atoms with Crippen LogP contribution in [0.15, 0.2) is 39.7 Å². The minimum Gasteiger partial charge on any atom is -0.401 e. The second-order valence-corrected chi connectivity index (χ2v) is 5.24. The van der Waals surface area contributed by atoms with Gasteiger partial charge in [0.1, 0.15) is 5.69 Å². The van der Waals surface area contributed by atoms with Gasteiger partial charge in [-0.1, -0.05) is 23.7 Å². The van der Waals surface area contributed by atoms with Crippen molar-refractivity contribution in [3.05, 3.63) is 57.0 Å². The van der Waals surface area contributed by atoms with Gasteiger partial charge in [-0.15, -0.1) is 0 Å². The van der Waals surface area contributed by atoms with Gasteiger partial charge >= 0.3 is 11.8 Å². The van der Waals surface area contributed by atoms with Crippen molar-refractivity contribution in [1.82, 2.24) is 9.97 Å². The molecule has 0 aliphatic carbocycles. The number of rotatable bonds is 1. The Hall–Kier alpha value is -2.41. The zero-order valence-electron chi connectivity index (χ0n) is 11.6. The molecule has 1 aromatic carbocycles. The molecule has 0 amide bonds. The van der Waals surface area contributed by atoms with Gasteiger partial charge in [-0.25, -0.2) is 14.8 Å². The van der Waals surface area contributed by atoms with Gasteiger partial charge in [0.2, 0.25) is 0 Å². The largest absolute Gasteiger partial charge is 0.417 e. The molecule has 3 rings (SSSR count). The van der Waals surface area contributed by atoms with E-state index >= 15 is 0 Å². The molecule has 3 aromatic rings. The maximum absolute atomic E-state index is 12.6. The van der Waals surface area contributed by atoms with Crippen molar-refractivity contribution >= 4 is 22.5 Å². The number of aromatic nitrogens is 2. The van der Waals surface area contributed by atoms with Crippen LogP contribution >= 0.6 is 11.6 Å². The summed E-state index contributed by atoms with van der Waals surface area (Å²) in [4.78, 5) is 19.8. The summed E-state index contributed by atoms with van der Waals surface area (Å²) in [5.41, 5.74) is -0.671. The quantitative estimate of drug-likeness (QED) is 0.665. The molecule has 0 saturated carbocycles. The van der Waals surface area contributed by atoms with Gasteiger partial charge in [0.05, 0.1) is 21.5 Å². The SMILES string of the molecule is Cc1cccc2c(=O)oc(-c3ncc(C(F)(F)F)cc3Cl)nc12. The van der Waals surface area contributed by atoms with Gasteiger partial charge in [-0.05, 0) is 24.6 Å². The number of pyridine rings is 1. The van der Waals surface area contributed by atoms with Gasteiger partial charge in [0.25, 0.3) is 5.89 Å². The van der Waals surface area contributed by atoms with Crippen molar-refractivity contribution < 1.29 is 17.6 Å². The average molecular weight is 341 g/mol. The van der Waals surface area contributed by atoms with Crippen LogP contribution < -0.4 is 5.63 Å². The smallest absolute Gasteiger partial charge is 0.401 e. The standard InChI is InChI=1S/C15H8ClF3N2O2/c1-7-3-2-4-9-11(7)21-13(23-14(9)22)12-10(16)5-8(6-20-12)15(17,18)19/h2-6H,1H3. The zero-order chi connectivity index (χ0) is 16.8. The zero-order valence-corrected chi connectivity index (χ0v) is 12.4. The maximum Gasteiger partial charge on any atom is 0.417 e. The molecule has 8 heteroatoms. The van der Waals surface area contributed by atoms with E-state index in [0.29, 0.717) is 17.8 Å². The van der Waals surface area contributed by atoms with E-state index in [4.69, 9.17) is 16.0 Å². The predicted octanol–water partition coefficient (Wildman–Crippen LogP) is 4.23. The molecule has 0 fully saturated rings. The lowest BCUT2D eigenvalue weighted by atomic mass is 10.1. The van der Waals surface area contributed by atoms with Crippen LogP contribution in [0.5, 0.6) is 0 Å². The number of hydrogen-bond acceptors (Lipinski definition) is 4. The van der Waals surface area contributed by atoms with Crippen molar-refractivity contribution in [1.29, 1.82) is 0 Å². The summed E-state index contributed by atoms with van der Waals surface area (Å²) in [6.45, 7) is 1.75. The number of fused-ring (bicyclic) bond motifs is 1. The lowest BCUT2D eigenvalue weighted by molar-refractivity contribution is -0.137. The van der Waals surface area contributed by atoms with Crippen molar-refractivity contribution in [2.45, 2.75) is 13.1 Å². The van der Waals surface area contributed by atoms with Crippen LogP contribution in [-0.2, 0) is 6.18 Å². The molecule has 23 heavy (non-hydrogen) atoms. The Kier molecular flexibility index (Phi) is 3.60. The normalized spacial score (nSPS) is 11.9. The summed E-state index contributed by atoms with van der Waals surface area (Å²) in [7, 11) is 0.